The predicted molar refractivity (Wildman–Crippen MR) is 116 cm³/mol. The van der Waals surface area contributed by atoms with Crippen LogP contribution in [0.3, 0.4) is 0 Å². The van der Waals surface area contributed by atoms with Gasteiger partial charge in [-0.3, -0.25) is 19.2 Å². The van der Waals surface area contributed by atoms with Crippen molar-refractivity contribution in [2.24, 2.45) is 11.7 Å². The minimum atomic E-state index is -1.32. The Balaban J connectivity index is 3.25. The van der Waals surface area contributed by atoms with Crippen LogP contribution in [0.4, 0.5) is 0 Å². The number of benzene rings is 1. The molecule has 0 aromatic heterocycles. The lowest BCUT2D eigenvalue weighted by Gasteiger charge is -2.32. The number of ether oxygens (including phenoxy) is 3. The van der Waals surface area contributed by atoms with Crippen molar-refractivity contribution in [3.63, 3.8) is 0 Å². The monoisotopic (exact) mass is 451 g/mol. The number of esters is 3. The quantitative estimate of drug-likeness (QED) is 0.278. The fraction of sp³-hybridized carbons (Fsp3) is 0.565. The van der Waals surface area contributed by atoms with Crippen LogP contribution in [-0.4, -0.2) is 41.1 Å². The zero-order chi connectivity index (χ0) is 24.4. The van der Waals surface area contributed by atoms with Crippen LogP contribution in [0.5, 0.6) is 11.5 Å². The average Bonchev–Trinajstić information content (AvgIpc) is 2.69. The standard InChI is InChI=1S/C23H33NO8/c1-6-7-8-9-20(27)30-14(3)13(2)21(22(24)23(28)29)17-10-11-18(31-15(4)25)19(12-17)32-16(5)26/h10-14,21-22H,6-9,24H2,1-5H3,(H,28,29)/t13?,14?,21?,22-/m0/s1. The molecule has 0 saturated heterocycles. The fourth-order valence-corrected chi connectivity index (χ4v) is 3.38. The summed E-state index contributed by atoms with van der Waals surface area (Å²) in [5.41, 5.74) is 6.44. The Kier molecular flexibility index (Phi) is 10.8. The molecule has 3 unspecified atom stereocenters. The topological polar surface area (TPSA) is 142 Å². The van der Waals surface area contributed by atoms with E-state index in [-0.39, 0.29) is 23.9 Å². The van der Waals surface area contributed by atoms with Crippen molar-refractivity contribution in [3.05, 3.63) is 23.8 Å². The third kappa shape index (κ3) is 8.30. The molecule has 0 aliphatic carbocycles. The number of rotatable bonds is 12. The van der Waals surface area contributed by atoms with Gasteiger partial charge in [0.25, 0.3) is 0 Å². The van der Waals surface area contributed by atoms with Gasteiger partial charge in [-0.25, -0.2) is 0 Å². The maximum Gasteiger partial charge on any atom is 0.321 e. The average molecular weight is 452 g/mol. The third-order valence-corrected chi connectivity index (χ3v) is 5.14. The molecule has 3 N–H and O–H groups in total. The van der Waals surface area contributed by atoms with Gasteiger partial charge in [0, 0.05) is 32.1 Å². The molecular weight excluding hydrogens is 418 g/mol. The van der Waals surface area contributed by atoms with Crippen molar-refractivity contribution >= 4 is 23.9 Å². The normalized spacial score (nSPS) is 14.6. The van der Waals surface area contributed by atoms with Crippen LogP contribution >= 0.6 is 0 Å². The SMILES string of the molecule is CCCCCC(=O)OC(C)C(C)C(c1ccc(OC(C)=O)c(OC(C)=O)c1)[C@H](N)C(=O)O. The molecule has 0 heterocycles. The van der Waals surface area contributed by atoms with Gasteiger partial charge in [-0.2, -0.15) is 0 Å². The molecule has 4 atom stereocenters. The summed E-state index contributed by atoms with van der Waals surface area (Å²) in [4.78, 5) is 46.7. The minimum Gasteiger partial charge on any atom is -0.480 e. The second-order valence-corrected chi connectivity index (χ2v) is 7.79. The molecule has 0 fully saturated rings. The van der Waals surface area contributed by atoms with Crippen LogP contribution in [0.2, 0.25) is 0 Å². The van der Waals surface area contributed by atoms with E-state index in [9.17, 15) is 24.3 Å². The largest absolute Gasteiger partial charge is 0.480 e. The number of unbranched alkanes of at least 4 members (excludes halogenated alkanes) is 2. The molecule has 0 radical (unpaired) electrons. The summed E-state index contributed by atoms with van der Waals surface area (Å²) in [5.74, 6) is -4.13. The van der Waals surface area contributed by atoms with E-state index in [2.05, 4.69) is 0 Å². The molecule has 1 rings (SSSR count). The van der Waals surface area contributed by atoms with Crippen LogP contribution in [0.15, 0.2) is 18.2 Å². The molecule has 0 bridgehead atoms. The Bertz CT molecular complexity index is 822. The molecule has 1 aromatic carbocycles. The first-order valence-electron chi connectivity index (χ1n) is 10.7. The highest BCUT2D eigenvalue weighted by Gasteiger charge is 2.35. The van der Waals surface area contributed by atoms with E-state index in [0.717, 1.165) is 19.3 Å². The van der Waals surface area contributed by atoms with E-state index in [4.69, 9.17) is 19.9 Å². The van der Waals surface area contributed by atoms with Crippen molar-refractivity contribution in [2.45, 2.75) is 78.4 Å². The minimum absolute atomic E-state index is 0.0159. The summed E-state index contributed by atoms with van der Waals surface area (Å²) in [5, 5.41) is 9.57. The molecule has 178 valence electrons. The highest BCUT2D eigenvalue weighted by molar-refractivity contribution is 5.76. The van der Waals surface area contributed by atoms with E-state index < -0.39 is 41.9 Å². The fourth-order valence-electron chi connectivity index (χ4n) is 3.38. The van der Waals surface area contributed by atoms with Crippen LogP contribution in [0, 0.1) is 5.92 Å². The Hall–Kier alpha value is -2.94. The smallest absolute Gasteiger partial charge is 0.321 e. The van der Waals surface area contributed by atoms with Gasteiger partial charge < -0.3 is 25.1 Å². The number of carbonyl (C=O) groups is 4. The summed E-state index contributed by atoms with van der Waals surface area (Å²) >= 11 is 0. The summed E-state index contributed by atoms with van der Waals surface area (Å²) in [6, 6.07) is 3.05. The van der Waals surface area contributed by atoms with Crippen molar-refractivity contribution < 1.29 is 38.5 Å². The molecule has 9 nitrogen and oxygen atoms in total. The highest BCUT2D eigenvalue weighted by Crippen LogP contribution is 2.37. The third-order valence-electron chi connectivity index (χ3n) is 5.14. The molecule has 1 aromatic rings. The number of carboxylic acids is 1. The maximum atomic E-state index is 12.1. The molecule has 0 aliphatic heterocycles. The van der Waals surface area contributed by atoms with Gasteiger partial charge >= 0.3 is 23.9 Å². The van der Waals surface area contributed by atoms with E-state index in [1.165, 1.54) is 26.0 Å². The first-order chi connectivity index (χ1) is 15.0. The number of nitrogens with two attached hydrogens (primary N) is 1. The molecule has 32 heavy (non-hydrogen) atoms. The van der Waals surface area contributed by atoms with E-state index in [0.29, 0.717) is 5.56 Å². The molecule has 0 saturated carbocycles. The van der Waals surface area contributed by atoms with E-state index >= 15 is 0 Å². The number of carbonyl (C=O) groups excluding carboxylic acids is 3. The number of hydrogen-bond acceptors (Lipinski definition) is 8. The number of carboxylic acid groups (broad SMARTS) is 1. The Morgan fingerprint density at radius 2 is 1.59 bits per heavy atom. The Morgan fingerprint density at radius 1 is 1.00 bits per heavy atom. The second-order valence-electron chi connectivity index (χ2n) is 7.79. The van der Waals surface area contributed by atoms with Crippen LogP contribution < -0.4 is 15.2 Å². The molecule has 0 spiro atoms. The van der Waals surface area contributed by atoms with Gasteiger partial charge in [0.15, 0.2) is 11.5 Å². The van der Waals surface area contributed by atoms with Gasteiger partial charge in [-0.1, -0.05) is 32.8 Å². The van der Waals surface area contributed by atoms with Crippen LogP contribution in [0.25, 0.3) is 0 Å². The molecule has 0 aliphatic rings. The molecule has 0 amide bonds. The zero-order valence-corrected chi connectivity index (χ0v) is 19.3. The summed E-state index contributed by atoms with van der Waals surface area (Å²) in [6.07, 6.45) is 2.28. The maximum absolute atomic E-state index is 12.1. The van der Waals surface area contributed by atoms with Gasteiger partial charge in [-0.15, -0.1) is 0 Å². The first-order valence-corrected chi connectivity index (χ1v) is 10.7. The second kappa shape index (κ2) is 12.8. The highest BCUT2D eigenvalue weighted by atomic mass is 16.6. The Labute approximate surface area is 188 Å². The van der Waals surface area contributed by atoms with Gasteiger partial charge in [-0.05, 0) is 31.0 Å². The van der Waals surface area contributed by atoms with Crippen molar-refractivity contribution in [1.82, 2.24) is 0 Å². The first kappa shape index (κ1) is 27.1. The number of aliphatic carboxylic acids is 1. The lowest BCUT2D eigenvalue weighted by molar-refractivity contribution is -0.151. The van der Waals surface area contributed by atoms with Crippen LogP contribution in [-0.2, 0) is 23.9 Å². The van der Waals surface area contributed by atoms with Gasteiger partial charge in [0.2, 0.25) is 0 Å². The molecule has 9 heteroatoms. The summed E-state index contributed by atoms with van der Waals surface area (Å²) in [7, 11) is 0. The predicted octanol–water partition coefficient (Wildman–Crippen LogP) is 3.18. The lowest BCUT2D eigenvalue weighted by Crippen LogP contribution is -2.42. The Morgan fingerprint density at radius 3 is 2.12 bits per heavy atom. The number of hydrogen-bond donors (Lipinski definition) is 2. The summed E-state index contributed by atoms with van der Waals surface area (Å²) in [6.45, 7) is 7.85. The van der Waals surface area contributed by atoms with E-state index in [1.54, 1.807) is 19.9 Å². The van der Waals surface area contributed by atoms with Crippen molar-refractivity contribution in [1.29, 1.82) is 0 Å². The zero-order valence-electron chi connectivity index (χ0n) is 19.3. The van der Waals surface area contributed by atoms with Crippen molar-refractivity contribution in [2.75, 3.05) is 0 Å². The van der Waals surface area contributed by atoms with Gasteiger partial charge in [0.05, 0.1) is 0 Å². The molecular formula is C23H33NO8. The van der Waals surface area contributed by atoms with Crippen molar-refractivity contribution in [3.8, 4) is 11.5 Å². The lowest BCUT2D eigenvalue weighted by atomic mass is 9.79. The summed E-state index contributed by atoms with van der Waals surface area (Å²) < 4.78 is 15.7. The van der Waals surface area contributed by atoms with Gasteiger partial charge in [0.1, 0.15) is 12.1 Å². The van der Waals surface area contributed by atoms with E-state index in [1.807, 2.05) is 6.92 Å². The van der Waals surface area contributed by atoms with Crippen LogP contribution in [0.1, 0.15) is 71.8 Å².